The van der Waals surface area contributed by atoms with Crippen LogP contribution in [0.5, 0.6) is 0 Å². The highest BCUT2D eigenvalue weighted by molar-refractivity contribution is 6.30. The number of carbonyl (C=O) groups is 1. The average Bonchev–Trinajstić information content (AvgIpc) is 2.47. The Morgan fingerprint density at radius 1 is 1.24 bits per heavy atom. The van der Waals surface area contributed by atoms with Crippen molar-refractivity contribution in [3.63, 3.8) is 0 Å². The summed E-state index contributed by atoms with van der Waals surface area (Å²) in [5.41, 5.74) is 1.77. The molecule has 1 amide bonds. The lowest BCUT2D eigenvalue weighted by Gasteiger charge is -2.17. The minimum atomic E-state index is -0.301. The van der Waals surface area contributed by atoms with E-state index in [4.69, 9.17) is 11.6 Å². The van der Waals surface area contributed by atoms with Gasteiger partial charge in [0.1, 0.15) is 5.82 Å². The van der Waals surface area contributed by atoms with Crippen LogP contribution in [0.3, 0.4) is 0 Å². The summed E-state index contributed by atoms with van der Waals surface area (Å²) in [6.45, 7) is 2.00. The fourth-order valence-corrected chi connectivity index (χ4v) is 2.38. The quantitative estimate of drug-likeness (QED) is 0.877. The highest BCUT2D eigenvalue weighted by atomic mass is 35.5. The molecule has 1 unspecified atom stereocenters. The minimum Gasteiger partial charge on any atom is -0.349 e. The SMILES string of the molecule is CCC(NC(=O)Cc1ccc(F)cc1)c1cccc(Cl)c1. The van der Waals surface area contributed by atoms with Gasteiger partial charge in [-0.25, -0.2) is 4.39 Å². The first kappa shape index (κ1) is 15.5. The molecule has 0 heterocycles. The van der Waals surface area contributed by atoms with Crippen molar-refractivity contribution in [3.05, 3.63) is 70.5 Å². The predicted octanol–water partition coefficient (Wildman–Crippen LogP) is 4.29. The molecule has 2 aromatic carbocycles. The molecule has 0 fully saturated rings. The Hall–Kier alpha value is -1.87. The molecule has 4 heteroatoms. The fraction of sp³-hybridized carbons (Fsp3) is 0.235. The van der Waals surface area contributed by atoms with Gasteiger partial charge in [0.05, 0.1) is 12.5 Å². The van der Waals surface area contributed by atoms with Crippen LogP contribution in [-0.2, 0) is 11.2 Å². The largest absolute Gasteiger partial charge is 0.349 e. The standard InChI is InChI=1S/C17H17ClFNO/c1-2-16(13-4-3-5-14(18)11-13)20-17(21)10-12-6-8-15(19)9-7-12/h3-9,11,16H,2,10H2,1H3,(H,20,21). The van der Waals surface area contributed by atoms with Gasteiger partial charge < -0.3 is 5.32 Å². The van der Waals surface area contributed by atoms with Crippen LogP contribution in [0.25, 0.3) is 0 Å². The number of hydrogen-bond donors (Lipinski definition) is 1. The van der Waals surface area contributed by atoms with Crippen LogP contribution in [0.15, 0.2) is 48.5 Å². The van der Waals surface area contributed by atoms with Gasteiger partial charge in [-0.2, -0.15) is 0 Å². The summed E-state index contributed by atoms with van der Waals surface area (Å²) in [6.07, 6.45) is 1.01. The number of hydrogen-bond acceptors (Lipinski definition) is 1. The normalized spacial score (nSPS) is 12.0. The maximum Gasteiger partial charge on any atom is 0.224 e. The molecular weight excluding hydrogens is 289 g/mol. The van der Waals surface area contributed by atoms with Gasteiger partial charge in [0.2, 0.25) is 5.91 Å². The lowest BCUT2D eigenvalue weighted by Crippen LogP contribution is -2.29. The van der Waals surface area contributed by atoms with Gasteiger partial charge in [0, 0.05) is 5.02 Å². The molecule has 0 aliphatic heterocycles. The number of rotatable bonds is 5. The van der Waals surface area contributed by atoms with E-state index in [9.17, 15) is 9.18 Å². The third kappa shape index (κ3) is 4.57. The van der Waals surface area contributed by atoms with E-state index in [1.54, 1.807) is 18.2 Å². The molecule has 110 valence electrons. The summed E-state index contributed by atoms with van der Waals surface area (Å²) in [4.78, 5) is 12.1. The monoisotopic (exact) mass is 305 g/mol. The highest BCUT2D eigenvalue weighted by Crippen LogP contribution is 2.20. The van der Waals surface area contributed by atoms with E-state index < -0.39 is 0 Å². The summed E-state index contributed by atoms with van der Waals surface area (Å²) in [6, 6.07) is 13.4. The first-order valence-corrected chi connectivity index (χ1v) is 7.25. The zero-order valence-corrected chi connectivity index (χ0v) is 12.5. The average molecular weight is 306 g/mol. The molecule has 1 N–H and O–H groups in total. The topological polar surface area (TPSA) is 29.1 Å². The van der Waals surface area contributed by atoms with Crippen molar-refractivity contribution >= 4 is 17.5 Å². The van der Waals surface area contributed by atoms with Crippen molar-refractivity contribution in [1.29, 1.82) is 0 Å². The number of benzene rings is 2. The van der Waals surface area contributed by atoms with Crippen LogP contribution in [0.1, 0.15) is 30.5 Å². The van der Waals surface area contributed by atoms with E-state index in [1.165, 1.54) is 12.1 Å². The number of halogens is 2. The summed E-state index contributed by atoms with van der Waals surface area (Å²) in [7, 11) is 0. The molecule has 0 spiro atoms. The van der Waals surface area contributed by atoms with Gasteiger partial charge in [0.15, 0.2) is 0 Å². The zero-order chi connectivity index (χ0) is 15.2. The molecule has 0 saturated carbocycles. The molecule has 21 heavy (non-hydrogen) atoms. The van der Waals surface area contributed by atoms with E-state index in [-0.39, 0.29) is 24.2 Å². The lowest BCUT2D eigenvalue weighted by atomic mass is 10.0. The molecule has 2 rings (SSSR count). The Bertz CT molecular complexity index is 612. The van der Waals surface area contributed by atoms with Crippen LogP contribution in [0.4, 0.5) is 4.39 Å². The molecule has 0 aromatic heterocycles. The number of carbonyl (C=O) groups excluding carboxylic acids is 1. The van der Waals surface area contributed by atoms with Crippen molar-refractivity contribution in [1.82, 2.24) is 5.32 Å². The Balaban J connectivity index is 2.01. The third-order valence-corrected chi connectivity index (χ3v) is 3.51. The van der Waals surface area contributed by atoms with E-state index in [0.717, 1.165) is 17.5 Å². The summed E-state index contributed by atoms with van der Waals surface area (Å²) in [5, 5.41) is 3.63. The lowest BCUT2D eigenvalue weighted by molar-refractivity contribution is -0.121. The van der Waals surface area contributed by atoms with Gasteiger partial charge in [-0.1, -0.05) is 42.8 Å². The van der Waals surface area contributed by atoms with Crippen molar-refractivity contribution in [2.45, 2.75) is 25.8 Å². The molecule has 0 aliphatic rings. The highest BCUT2D eigenvalue weighted by Gasteiger charge is 2.13. The Morgan fingerprint density at radius 2 is 1.95 bits per heavy atom. The van der Waals surface area contributed by atoms with Gasteiger partial charge in [0.25, 0.3) is 0 Å². The minimum absolute atomic E-state index is 0.0725. The molecule has 0 radical (unpaired) electrons. The van der Waals surface area contributed by atoms with E-state index in [1.807, 2.05) is 25.1 Å². The zero-order valence-electron chi connectivity index (χ0n) is 11.8. The van der Waals surface area contributed by atoms with Gasteiger partial charge in [-0.15, -0.1) is 0 Å². The van der Waals surface area contributed by atoms with Crippen LogP contribution in [-0.4, -0.2) is 5.91 Å². The Kier molecular flexibility index (Phi) is 5.34. The van der Waals surface area contributed by atoms with Crippen LogP contribution in [0, 0.1) is 5.82 Å². The van der Waals surface area contributed by atoms with E-state index >= 15 is 0 Å². The van der Waals surface area contributed by atoms with Crippen LogP contribution in [0.2, 0.25) is 5.02 Å². The van der Waals surface area contributed by atoms with Crippen LogP contribution < -0.4 is 5.32 Å². The summed E-state index contributed by atoms with van der Waals surface area (Å²) in [5.74, 6) is -0.391. The number of nitrogens with one attached hydrogen (secondary N) is 1. The smallest absolute Gasteiger partial charge is 0.224 e. The Labute approximate surface area is 128 Å². The molecule has 2 aromatic rings. The van der Waals surface area contributed by atoms with Crippen LogP contribution >= 0.6 is 11.6 Å². The predicted molar refractivity (Wildman–Crippen MR) is 82.7 cm³/mol. The van der Waals surface area contributed by atoms with Crippen molar-refractivity contribution in [2.75, 3.05) is 0 Å². The molecule has 0 aliphatic carbocycles. The van der Waals surface area contributed by atoms with Crippen molar-refractivity contribution in [2.24, 2.45) is 0 Å². The molecule has 0 bridgehead atoms. The molecule has 1 atom stereocenters. The van der Waals surface area contributed by atoms with Gasteiger partial charge >= 0.3 is 0 Å². The molecule has 0 saturated heterocycles. The molecular formula is C17H17ClFNO. The van der Waals surface area contributed by atoms with E-state index in [2.05, 4.69) is 5.32 Å². The second-order valence-corrected chi connectivity index (χ2v) is 5.32. The number of amides is 1. The van der Waals surface area contributed by atoms with E-state index in [0.29, 0.717) is 5.02 Å². The van der Waals surface area contributed by atoms with Gasteiger partial charge in [-0.05, 0) is 41.8 Å². The molecule has 2 nitrogen and oxygen atoms in total. The van der Waals surface area contributed by atoms with Crippen molar-refractivity contribution < 1.29 is 9.18 Å². The summed E-state index contributed by atoms with van der Waals surface area (Å²) < 4.78 is 12.8. The second kappa shape index (κ2) is 7.23. The maximum absolute atomic E-state index is 12.8. The maximum atomic E-state index is 12.8. The van der Waals surface area contributed by atoms with Gasteiger partial charge in [-0.3, -0.25) is 4.79 Å². The Morgan fingerprint density at radius 3 is 2.57 bits per heavy atom. The summed E-state index contributed by atoms with van der Waals surface area (Å²) >= 11 is 5.98. The van der Waals surface area contributed by atoms with Crippen molar-refractivity contribution in [3.8, 4) is 0 Å². The second-order valence-electron chi connectivity index (χ2n) is 4.89. The first-order valence-electron chi connectivity index (χ1n) is 6.87. The first-order chi connectivity index (χ1) is 10.1. The third-order valence-electron chi connectivity index (χ3n) is 3.27. The fourth-order valence-electron chi connectivity index (χ4n) is 2.18.